The smallest absolute Gasteiger partial charge is 0.407 e. The number of amides is 4. The Bertz CT molecular complexity index is 800. The van der Waals surface area contributed by atoms with Crippen LogP contribution in [0.3, 0.4) is 0 Å². The lowest BCUT2D eigenvalue weighted by molar-refractivity contribution is -0.134. The van der Waals surface area contributed by atoms with E-state index in [1.165, 1.54) is 11.1 Å². The van der Waals surface area contributed by atoms with Crippen LogP contribution in [0.4, 0.5) is 10.6 Å². The van der Waals surface area contributed by atoms with E-state index in [1.807, 2.05) is 18.7 Å². The molecule has 1 aromatic rings. The monoisotopic (exact) mass is 403 g/mol. The number of anilines is 1. The highest BCUT2D eigenvalue weighted by Crippen LogP contribution is 2.24. The number of rotatable bonds is 4. The van der Waals surface area contributed by atoms with Gasteiger partial charge in [0.25, 0.3) is 0 Å². The predicted molar refractivity (Wildman–Crippen MR) is 103 cm³/mol. The van der Waals surface area contributed by atoms with Crippen molar-refractivity contribution in [1.29, 1.82) is 0 Å². The highest BCUT2D eigenvalue weighted by molar-refractivity contribution is 6.01. The van der Waals surface area contributed by atoms with Crippen LogP contribution in [0, 0.1) is 0 Å². The molecule has 1 aromatic heterocycles. The van der Waals surface area contributed by atoms with E-state index in [1.54, 1.807) is 12.1 Å². The number of piperazine rings is 1. The van der Waals surface area contributed by atoms with Crippen LogP contribution in [0.15, 0.2) is 18.3 Å². The molecule has 0 aliphatic carbocycles. The fourth-order valence-corrected chi connectivity index (χ4v) is 3.87. The molecule has 0 saturated carbocycles. The van der Waals surface area contributed by atoms with Crippen molar-refractivity contribution < 1.29 is 24.3 Å². The minimum Gasteiger partial charge on any atom is -0.465 e. The molecule has 2 aliphatic rings. The molecule has 4 amide bonds. The lowest BCUT2D eigenvalue weighted by Crippen LogP contribution is -2.59. The Balaban J connectivity index is 1.56. The van der Waals surface area contributed by atoms with Gasteiger partial charge < -0.3 is 15.3 Å². The molecule has 0 bridgehead atoms. The molecule has 10 nitrogen and oxygen atoms in total. The van der Waals surface area contributed by atoms with E-state index in [0.717, 1.165) is 0 Å². The van der Waals surface area contributed by atoms with Gasteiger partial charge in [0.1, 0.15) is 5.82 Å². The van der Waals surface area contributed by atoms with Gasteiger partial charge in [-0.15, -0.1) is 0 Å². The molecule has 0 spiro atoms. The Morgan fingerprint density at radius 2 is 1.93 bits per heavy atom. The van der Waals surface area contributed by atoms with Crippen molar-refractivity contribution >= 4 is 29.6 Å². The van der Waals surface area contributed by atoms with E-state index >= 15 is 0 Å². The molecule has 2 unspecified atom stereocenters. The number of nitrogens with one attached hydrogen (secondary N) is 2. The summed E-state index contributed by atoms with van der Waals surface area (Å²) < 4.78 is 0. The third kappa shape index (κ3) is 4.89. The van der Waals surface area contributed by atoms with Crippen LogP contribution in [-0.4, -0.2) is 75.4 Å². The summed E-state index contributed by atoms with van der Waals surface area (Å²) in [5, 5.41) is 14.2. The second-order valence-corrected chi connectivity index (χ2v) is 7.59. The van der Waals surface area contributed by atoms with Crippen LogP contribution < -0.4 is 10.6 Å². The van der Waals surface area contributed by atoms with E-state index in [-0.39, 0.29) is 36.3 Å². The summed E-state index contributed by atoms with van der Waals surface area (Å²) in [6.07, 6.45) is 1.32. The Labute approximate surface area is 168 Å². The summed E-state index contributed by atoms with van der Waals surface area (Å²) in [6, 6.07) is 3.19. The number of carbonyl (C=O) groups excluding carboxylic acids is 3. The van der Waals surface area contributed by atoms with Crippen molar-refractivity contribution in [3.63, 3.8) is 0 Å². The van der Waals surface area contributed by atoms with Gasteiger partial charge >= 0.3 is 6.09 Å². The summed E-state index contributed by atoms with van der Waals surface area (Å²) in [5.41, 5.74) is 0.694. The van der Waals surface area contributed by atoms with Crippen LogP contribution in [0.1, 0.15) is 38.2 Å². The number of hydrogen-bond donors (Lipinski definition) is 3. The molecule has 0 aromatic carbocycles. The summed E-state index contributed by atoms with van der Waals surface area (Å²) in [7, 11) is 0. The molecule has 2 saturated heterocycles. The number of pyridine rings is 1. The summed E-state index contributed by atoms with van der Waals surface area (Å²) in [5.74, 6) is -0.888. The molecule has 29 heavy (non-hydrogen) atoms. The molecule has 0 radical (unpaired) electrons. The molecule has 3 rings (SSSR count). The van der Waals surface area contributed by atoms with E-state index in [9.17, 15) is 19.2 Å². The van der Waals surface area contributed by atoms with Crippen molar-refractivity contribution in [2.45, 2.75) is 44.7 Å². The molecule has 3 heterocycles. The maximum atomic E-state index is 12.4. The van der Waals surface area contributed by atoms with E-state index < -0.39 is 12.0 Å². The van der Waals surface area contributed by atoms with Gasteiger partial charge in [0.15, 0.2) is 0 Å². The average Bonchev–Trinajstić information content (AvgIpc) is 2.65. The first kappa shape index (κ1) is 20.7. The Morgan fingerprint density at radius 3 is 2.48 bits per heavy atom. The number of imide groups is 1. The SMILES string of the molecule is CC1CN(C(=O)O)C[C@H](C)N1CC(=O)Nc1ccc(C2CCC(=O)NC2=O)cn1. The molecular formula is C19H25N5O5. The molecule has 2 fully saturated rings. The average molecular weight is 403 g/mol. The van der Waals surface area contributed by atoms with E-state index in [0.29, 0.717) is 37.3 Å². The topological polar surface area (TPSA) is 132 Å². The largest absolute Gasteiger partial charge is 0.465 e. The second kappa shape index (κ2) is 8.56. The number of piperidine rings is 1. The molecule has 3 N–H and O–H groups in total. The normalized spacial score (nSPS) is 25.4. The lowest BCUT2D eigenvalue weighted by atomic mass is 9.92. The van der Waals surface area contributed by atoms with Crippen molar-refractivity contribution in [3.8, 4) is 0 Å². The van der Waals surface area contributed by atoms with Crippen molar-refractivity contribution in [2.75, 3.05) is 25.0 Å². The van der Waals surface area contributed by atoms with E-state index in [4.69, 9.17) is 5.11 Å². The van der Waals surface area contributed by atoms with Crippen LogP contribution in [0.5, 0.6) is 0 Å². The number of nitrogens with zero attached hydrogens (tertiary/aromatic N) is 3. The van der Waals surface area contributed by atoms with Gasteiger partial charge in [0.2, 0.25) is 17.7 Å². The Hall–Kier alpha value is -3.01. The molecular weight excluding hydrogens is 378 g/mol. The summed E-state index contributed by atoms with van der Waals surface area (Å²) in [4.78, 5) is 54.3. The Kier molecular flexibility index (Phi) is 6.12. The fraction of sp³-hybridized carbons (Fsp3) is 0.526. The van der Waals surface area contributed by atoms with Gasteiger partial charge in [-0.3, -0.25) is 24.6 Å². The van der Waals surface area contributed by atoms with Crippen LogP contribution in [0.25, 0.3) is 0 Å². The number of carbonyl (C=O) groups is 4. The molecule has 3 atom stereocenters. The van der Waals surface area contributed by atoms with Gasteiger partial charge in [0, 0.05) is 37.8 Å². The standard InChI is InChI=1S/C19H25N5O5/c1-11-8-23(19(28)29)9-12(2)24(11)10-17(26)21-15-5-3-13(7-20-15)14-4-6-16(25)22-18(14)27/h3,5,7,11-12,14H,4,6,8-10H2,1-2H3,(H,28,29)(H,20,21,26)(H,22,25,27)/t11-,12?,14?/m0/s1. The van der Waals surface area contributed by atoms with Gasteiger partial charge in [-0.25, -0.2) is 9.78 Å². The van der Waals surface area contributed by atoms with Gasteiger partial charge in [-0.1, -0.05) is 6.07 Å². The quantitative estimate of drug-likeness (QED) is 0.628. The van der Waals surface area contributed by atoms with Crippen LogP contribution >= 0.6 is 0 Å². The minimum atomic E-state index is -0.951. The zero-order chi connectivity index (χ0) is 21.1. The van der Waals surface area contributed by atoms with Crippen molar-refractivity contribution in [1.82, 2.24) is 20.1 Å². The number of hydrogen-bond acceptors (Lipinski definition) is 6. The Morgan fingerprint density at radius 1 is 1.24 bits per heavy atom. The molecule has 10 heteroatoms. The van der Waals surface area contributed by atoms with Gasteiger partial charge in [-0.2, -0.15) is 0 Å². The van der Waals surface area contributed by atoms with Crippen LogP contribution in [0.2, 0.25) is 0 Å². The lowest BCUT2D eigenvalue weighted by Gasteiger charge is -2.42. The maximum Gasteiger partial charge on any atom is 0.407 e. The zero-order valence-electron chi connectivity index (χ0n) is 16.4. The number of aromatic nitrogens is 1. The highest BCUT2D eigenvalue weighted by atomic mass is 16.4. The van der Waals surface area contributed by atoms with Gasteiger partial charge in [-0.05, 0) is 31.9 Å². The van der Waals surface area contributed by atoms with Crippen molar-refractivity contribution in [2.24, 2.45) is 0 Å². The molecule has 156 valence electrons. The van der Waals surface area contributed by atoms with Gasteiger partial charge in [0.05, 0.1) is 12.5 Å². The zero-order valence-corrected chi connectivity index (χ0v) is 16.4. The first-order chi connectivity index (χ1) is 13.7. The third-order valence-electron chi connectivity index (χ3n) is 5.39. The molecule has 2 aliphatic heterocycles. The van der Waals surface area contributed by atoms with Crippen LogP contribution in [-0.2, 0) is 14.4 Å². The third-order valence-corrected chi connectivity index (χ3v) is 5.39. The summed E-state index contributed by atoms with van der Waals surface area (Å²) in [6.45, 7) is 4.63. The number of carboxylic acid groups (broad SMARTS) is 1. The second-order valence-electron chi connectivity index (χ2n) is 7.59. The highest BCUT2D eigenvalue weighted by Gasteiger charge is 2.33. The predicted octanol–water partition coefficient (Wildman–Crippen LogP) is 0.613. The first-order valence-electron chi connectivity index (χ1n) is 9.57. The van der Waals surface area contributed by atoms with E-state index in [2.05, 4.69) is 15.6 Å². The fourth-order valence-electron chi connectivity index (χ4n) is 3.87. The first-order valence-corrected chi connectivity index (χ1v) is 9.57. The summed E-state index contributed by atoms with van der Waals surface area (Å²) >= 11 is 0. The van der Waals surface area contributed by atoms with Crippen molar-refractivity contribution in [3.05, 3.63) is 23.9 Å². The maximum absolute atomic E-state index is 12.4. The minimum absolute atomic E-state index is 0.0801.